The molecule has 3 heterocycles. The fraction of sp³-hybridized carbons (Fsp3) is 0.545. The number of carbonyl (C=O) groups is 1. The van der Waals surface area contributed by atoms with Crippen LogP contribution >= 0.6 is 0 Å². The molecule has 0 spiro atoms. The van der Waals surface area contributed by atoms with Crippen molar-refractivity contribution in [3.63, 3.8) is 0 Å². The molecule has 28 heavy (non-hydrogen) atoms. The van der Waals surface area contributed by atoms with Gasteiger partial charge in [0.15, 0.2) is 0 Å². The number of ether oxygens (including phenoxy) is 2. The van der Waals surface area contributed by atoms with Crippen molar-refractivity contribution >= 4 is 5.91 Å². The van der Waals surface area contributed by atoms with E-state index in [9.17, 15) is 4.79 Å². The molecule has 1 fully saturated rings. The lowest BCUT2D eigenvalue weighted by Crippen LogP contribution is -2.49. The largest absolute Gasteiger partial charge is 0.497 e. The first kappa shape index (κ1) is 19.0. The zero-order chi connectivity index (χ0) is 19.7. The minimum Gasteiger partial charge on any atom is -0.497 e. The van der Waals surface area contributed by atoms with Gasteiger partial charge in [-0.15, -0.1) is 0 Å². The third-order valence-electron chi connectivity index (χ3n) is 6.17. The highest BCUT2D eigenvalue weighted by Gasteiger charge is 2.37. The van der Waals surface area contributed by atoms with Gasteiger partial charge in [0.2, 0.25) is 0 Å². The van der Waals surface area contributed by atoms with Crippen molar-refractivity contribution in [2.24, 2.45) is 13.0 Å². The fourth-order valence-corrected chi connectivity index (χ4v) is 4.50. The predicted octanol–water partition coefficient (Wildman–Crippen LogP) is 2.98. The van der Waals surface area contributed by atoms with Gasteiger partial charge >= 0.3 is 0 Å². The molecule has 1 unspecified atom stereocenters. The SMILES string of the molecule is CCc1cc(C(=O)N2Cc3ccc(OC)cc3CC2C2CCOCC2)n(C)n1. The molecule has 1 aromatic carbocycles. The number of carbonyl (C=O) groups excluding carboxylic acids is 1. The Bertz CT molecular complexity index is 855. The Balaban J connectivity index is 1.68. The van der Waals surface area contributed by atoms with Crippen LogP contribution in [0.3, 0.4) is 0 Å². The monoisotopic (exact) mass is 383 g/mol. The Labute approximate surface area is 166 Å². The fourth-order valence-electron chi connectivity index (χ4n) is 4.50. The number of hydrogen-bond donors (Lipinski definition) is 0. The molecule has 2 aromatic rings. The van der Waals surface area contributed by atoms with Crippen LogP contribution in [-0.4, -0.2) is 47.0 Å². The molecule has 0 radical (unpaired) electrons. The normalized spacial score (nSPS) is 20.1. The summed E-state index contributed by atoms with van der Waals surface area (Å²) in [6.45, 7) is 4.25. The molecule has 2 aliphatic heterocycles. The molecule has 6 nitrogen and oxygen atoms in total. The molecule has 1 saturated heterocycles. The molecular formula is C22H29N3O3. The Morgan fingerprint density at radius 1 is 1.25 bits per heavy atom. The van der Waals surface area contributed by atoms with Crippen LogP contribution in [0, 0.1) is 5.92 Å². The van der Waals surface area contributed by atoms with Gasteiger partial charge in [-0.25, -0.2) is 0 Å². The summed E-state index contributed by atoms with van der Waals surface area (Å²) in [5.74, 6) is 1.41. The molecule has 0 aliphatic carbocycles. The molecular weight excluding hydrogens is 354 g/mol. The second-order valence-electron chi connectivity index (χ2n) is 7.79. The first-order valence-corrected chi connectivity index (χ1v) is 10.2. The minimum atomic E-state index is 0.0765. The van der Waals surface area contributed by atoms with Crippen molar-refractivity contribution in [2.75, 3.05) is 20.3 Å². The zero-order valence-corrected chi connectivity index (χ0v) is 17.0. The van der Waals surface area contributed by atoms with Crippen molar-refractivity contribution in [3.05, 3.63) is 46.8 Å². The van der Waals surface area contributed by atoms with Crippen LogP contribution in [0.4, 0.5) is 0 Å². The molecule has 1 aromatic heterocycles. The summed E-state index contributed by atoms with van der Waals surface area (Å²) in [6.07, 6.45) is 3.69. The number of hydrogen-bond acceptors (Lipinski definition) is 4. The summed E-state index contributed by atoms with van der Waals surface area (Å²) in [5.41, 5.74) is 4.12. The van der Waals surface area contributed by atoms with E-state index in [1.165, 1.54) is 11.1 Å². The lowest BCUT2D eigenvalue weighted by atomic mass is 9.82. The third-order valence-corrected chi connectivity index (χ3v) is 6.17. The van der Waals surface area contributed by atoms with E-state index in [2.05, 4.69) is 29.1 Å². The van der Waals surface area contributed by atoms with Crippen molar-refractivity contribution in [3.8, 4) is 5.75 Å². The highest BCUT2D eigenvalue weighted by Crippen LogP contribution is 2.34. The van der Waals surface area contributed by atoms with Gasteiger partial charge in [-0.05, 0) is 60.9 Å². The van der Waals surface area contributed by atoms with E-state index < -0.39 is 0 Å². The third kappa shape index (κ3) is 3.53. The van der Waals surface area contributed by atoms with Crippen LogP contribution in [-0.2, 0) is 31.2 Å². The van der Waals surface area contributed by atoms with Crippen LogP contribution in [0.2, 0.25) is 0 Å². The number of fused-ring (bicyclic) bond motifs is 1. The summed E-state index contributed by atoms with van der Waals surface area (Å²) < 4.78 is 12.7. The zero-order valence-electron chi connectivity index (χ0n) is 17.0. The highest BCUT2D eigenvalue weighted by atomic mass is 16.5. The van der Waals surface area contributed by atoms with E-state index in [1.807, 2.05) is 19.2 Å². The summed E-state index contributed by atoms with van der Waals surface area (Å²) in [6, 6.07) is 8.32. The Hall–Kier alpha value is -2.34. The van der Waals surface area contributed by atoms with Crippen LogP contribution < -0.4 is 4.74 Å². The average Bonchev–Trinajstić information content (AvgIpc) is 3.13. The number of rotatable bonds is 4. The summed E-state index contributed by atoms with van der Waals surface area (Å²) in [5, 5.41) is 4.48. The molecule has 2 aliphatic rings. The smallest absolute Gasteiger partial charge is 0.272 e. The molecule has 1 amide bonds. The maximum atomic E-state index is 13.5. The number of benzene rings is 1. The van der Waals surface area contributed by atoms with Gasteiger partial charge in [-0.1, -0.05) is 13.0 Å². The lowest BCUT2D eigenvalue weighted by molar-refractivity contribution is 0.0175. The van der Waals surface area contributed by atoms with E-state index in [0.717, 1.165) is 50.3 Å². The predicted molar refractivity (Wildman–Crippen MR) is 106 cm³/mol. The maximum absolute atomic E-state index is 13.5. The van der Waals surface area contributed by atoms with E-state index in [-0.39, 0.29) is 11.9 Å². The van der Waals surface area contributed by atoms with Crippen molar-refractivity contribution in [2.45, 2.75) is 45.2 Å². The van der Waals surface area contributed by atoms with Crippen molar-refractivity contribution in [1.29, 1.82) is 0 Å². The Kier molecular flexibility index (Phi) is 5.40. The molecule has 0 bridgehead atoms. The molecule has 0 N–H and O–H groups in total. The van der Waals surface area contributed by atoms with Gasteiger partial charge in [0.05, 0.1) is 12.8 Å². The van der Waals surface area contributed by atoms with Crippen molar-refractivity contribution < 1.29 is 14.3 Å². The topological polar surface area (TPSA) is 56.6 Å². The van der Waals surface area contributed by atoms with E-state index in [0.29, 0.717) is 18.2 Å². The molecule has 150 valence electrons. The second kappa shape index (κ2) is 7.95. The molecule has 0 saturated carbocycles. The van der Waals surface area contributed by atoms with Crippen LogP contribution in [0.1, 0.15) is 47.1 Å². The summed E-state index contributed by atoms with van der Waals surface area (Å²) in [7, 11) is 3.56. The Morgan fingerprint density at radius 3 is 2.71 bits per heavy atom. The van der Waals surface area contributed by atoms with Gasteiger partial charge < -0.3 is 14.4 Å². The summed E-state index contributed by atoms with van der Waals surface area (Å²) >= 11 is 0. The van der Waals surface area contributed by atoms with Gasteiger partial charge in [0.1, 0.15) is 11.4 Å². The highest BCUT2D eigenvalue weighted by molar-refractivity contribution is 5.93. The lowest BCUT2D eigenvalue weighted by Gasteiger charge is -2.42. The maximum Gasteiger partial charge on any atom is 0.272 e. The average molecular weight is 383 g/mol. The van der Waals surface area contributed by atoms with Crippen LogP contribution in [0.25, 0.3) is 0 Å². The number of nitrogens with zero attached hydrogens (tertiary/aromatic N) is 3. The minimum absolute atomic E-state index is 0.0765. The van der Waals surface area contributed by atoms with Gasteiger partial charge in [-0.3, -0.25) is 9.48 Å². The number of methoxy groups -OCH3 is 1. The quantitative estimate of drug-likeness (QED) is 0.814. The first-order chi connectivity index (χ1) is 13.6. The molecule has 4 rings (SSSR count). The van der Waals surface area contributed by atoms with Crippen LogP contribution in [0.5, 0.6) is 5.75 Å². The molecule has 1 atom stereocenters. The first-order valence-electron chi connectivity index (χ1n) is 10.2. The standard InChI is InChI=1S/C22H29N3O3/c1-4-18-13-21(24(2)23-18)22(26)25-14-16-5-6-19(27-3)11-17(16)12-20(25)15-7-9-28-10-8-15/h5-6,11,13,15,20H,4,7-10,12,14H2,1-3H3. The van der Waals surface area contributed by atoms with Crippen molar-refractivity contribution in [1.82, 2.24) is 14.7 Å². The number of aromatic nitrogens is 2. The van der Waals surface area contributed by atoms with Gasteiger partial charge in [0.25, 0.3) is 5.91 Å². The van der Waals surface area contributed by atoms with Crippen LogP contribution in [0.15, 0.2) is 24.3 Å². The van der Waals surface area contributed by atoms with Gasteiger partial charge in [0, 0.05) is 32.8 Å². The Morgan fingerprint density at radius 2 is 2.04 bits per heavy atom. The van der Waals surface area contributed by atoms with E-state index in [1.54, 1.807) is 11.8 Å². The van der Waals surface area contributed by atoms with E-state index >= 15 is 0 Å². The second-order valence-corrected chi connectivity index (χ2v) is 7.79. The number of aryl methyl sites for hydroxylation is 2. The van der Waals surface area contributed by atoms with Gasteiger partial charge in [-0.2, -0.15) is 5.10 Å². The van der Waals surface area contributed by atoms with E-state index in [4.69, 9.17) is 9.47 Å². The summed E-state index contributed by atoms with van der Waals surface area (Å²) in [4.78, 5) is 15.6. The molecule has 6 heteroatoms. The number of amides is 1.